The van der Waals surface area contributed by atoms with E-state index < -0.39 is 6.36 Å². The Morgan fingerprint density at radius 1 is 1.06 bits per heavy atom. The van der Waals surface area contributed by atoms with Gasteiger partial charge in [0.2, 0.25) is 0 Å². The summed E-state index contributed by atoms with van der Waals surface area (Å²) in [7, 11) is 0. The van der Waals surface area contributed by atoms with Crippen molar-refractivity contribution in [3.63, 3.8) is 0 Å². The number of allylic oxidation sites excluding steroid dienone is 2. The first-order valence-corrected chi connectivity index (χ1v) is 11.0. The second-order valence-electron chi connectivity index (χ2n) is 7.96. The Balaban J connectivity index is 1.48. The van der Waals surface area contributed by atoms with Crippen molar-refractivity contribution in [3.05, 3.63) is 72.4 Å². The largest absolute Gasteiger partial charge is 0.573 e. The molecule has 34 heavy (non-hydrogen) atoms. The number of hydrazone groups is 1. The van der Waals surface area contributed by atoms with Gasteiger partial charge in [-0.2, -0.15) is 5.01 Å². The highest BCUT2D eigenvalue weighted by atomic mass is 19.4. The molecule has 1 saturated heterocycles. The summed E-state index contributed by atoms with van der Waals surface area (Å²) in [6, 6.07) is 14.6. The van der Waals surface area contributed by atoms with Crippen LogP contribution in [0.3, 0.4) is 0 Å². The molecule has 0 radical (unpaired) electrons. The minimum atomic E-state index is -4.75. The number of hydrogen-bond donors (Lipinski definition) is 0. The molecule has 2 amide bonds. The van der Waals surface area contributed by atoms with E-state index in [1.54, 1.807) is 17.2 Å². The molecule has 2 aliphatic heterocycles. The Hall–Kier alpha value is -3.71. The first kappa shape index (κ1) is 23.4. The van der Waals surface area contributed by atoms with Crippen LogP contribution in [0.1, 0.15) is 31.2 Å². The third kappa shape index (κ3) is 6.20. The van der Waals surface area contributed by atoms with Gasteiger partial charge in [-0.15, -0.1) is 18.3 Å². The number of urea groups is 1. The molecule has 2 heterocycles. The lowest BCUT2D eigenvalue weighted by Crippen LogP contribution is -2.50. The molecule has 9 heteroatoms. The zero-order valence-electron chi connectivity index (χ0n) is 18.4. The van der Waals surface area contributed by atoms with Crippen molar-refractivity contribution in [1.29, 1.82) is 0 Å². The van der Waals surface area contributed by atoms with E-state index in [0.29, 0.717) is 25.1 Å². The number of halogens is 3. The van der Waals surface area contributed by atoms with Crippen molar-refractivity contribution in [1.82, 2.24) is 9.91 Å². The van der Waals surface area contributed by atoms with E-state index in [1.807, 2.05) is 30.3 Å². The summed E-state index contributed by atoms with van der Waals surface area (Å²) < 4.78 is 47.1. The maximum absolute atomic E-state index is 13.4. The minimum Gasteiger partial charge on any atom is -0.491 e. The number of likely N-dealkylation sites (tertiary alicyclic amines) is 1. The quantitative estimate of drug-likeness (QED) is 0.552. The highest BCUT2D eigenvalue weighted by Crippen LogP contribution is 2.28. The van der Waals surface area contributed by atoms with Crippen LogP contribution in [-0.4, -0.2) is 47.4 Å². The fourth-order valence-corrected chi connectivity index (χ4v) is 3.92. The van der Waals surface area contributed by atoms with E-state index in [1.165, 1.54) is 29.3 Å². The second-order valence-corrected chi connectivity index (χ2v) is 7.96. The van der Waals surface area contributed by atoms with E-state index >= 15 is 0 Å². The van der Waals surface area contributed by atoms with Crippen LogP contribution < -0.4 is 9.47 Å². The van der Waals surface area contributed by atoms with Crippen LogP contribution in [0, 0.1) is 0 Å². The maximum atomic E-state index is 13.4. The average molecular weight is 471 g/mol. The molecule has 0 N–H and O–H groups in total. The molecule has 0 bridgehead atoms. The SMILES string of the molecule is O=C(N1C=C(c2ccc(OC(F)(F)F)cc2)CC=C=N1)N1CCCCC1COc1ccccc1. The van der Waals surface area contributed by atoms with Gasteiger partial charge in [-0.3, -0.25) is 0 Å². The molecule has 6 nitrogen and oxygen atoms in total. The van der Waals surface area contributed by atoms with Crippen LogP contribution in [0.5, 0.6) is 11.5 Å². The summed E-state index contributed by atoms with van der Waals surface area (Å²) in [5, 5.41) is 5.37. The summed E-state index contributed by atoms with van der Waals surface area (Å²) in [5.74, 6) is 3.19. The van der Waals surface area contributed by atoms with Crippen molar-refractivity contribution < 1.29 is 27.4 Å². The molecule has 2 aliphatic rings. The maximum Gasteiger partial charge on any atom is 0.573 e. The number of nitrogens with zero attached hydrogens (tertiary/aromatic N) is 3. The molecular formula is C25H24F3N3O3. The summed E-state index contributed by atoms with van der Waals surface area (Å²) >= 11 is 0. The number of rotatable bonds is 5. The van der Waals surface area contributed by atoms with Gasteiger partial charge in [0.1, 0.15) is 18.1 Å². The van der Waals surface area contributed by atoms with E-state index in [-0.39, 0.29) is 17.8 Å². The number of ether oxygens (including phenoxy) is 2. The Kier molecular flexibility index (Phi) is 7.23. The highest BCUT2D eigenvalue weighted by molar-refractivity contribution is 5.81. The first-order valence-electron chi connectivity index (χ1n) is 11.0. The van der Waals surface area contributed by atoms with Crippen LogP contribution in [0.25, 0.3) is 5.57 Å². The molecule has 2 aromatic carbocycles. The number of alkyl halides is 3. The molecule has 0 aliphatic carbocycles. The number of carbonyl (C=O) groups excluding carboxylic acids is 1. The van der Waals surface area contributed by atoms with Crippen molar-refractivity contribution >= 4 is 17.5 Å². The lowest BCUT2D eigenvalue weighted by atomic mass is 10.0. The van der Waals surface area contributed by atoms with Gasteiger partial charge in [0, 0.05) is 25.0 Å². The Bertz CT molecular complexity index is 1080. The third-order valence-electron chi connectivity index (χ3n) is 5.57. The predicted molar refractivity (Wildman–Crippen MR) is 121 cm³/mol. The second kappa shape index (κ2) is 10.5. The van der Waals surface area contributed by atoms with Crippen molar-refractivity contribution in [2.75, 3.05) is 13.2 Å². The van der Waals surface area contributed by atoms with Crippen molar-refractivity contribution in [2.45, 2.75) is 38.1 Å². The zero-order valence-corrected chi connectivity index (χ0v) is 18.4. The normalized spacial score (nSPS) is 18.3. The summed E-state index contributed by atoms with van der Waals surface area (Å²) in [5.41, 5.74) is 1.37. The minimum absolute atomic E-state index is 0.0976. The number of piperidine rings is 1. The number of para-hydroxylation sites is 1. The Morgan fingerprint density at radius 2 is 1.82 bits per heavy atom. The molecule has 1 unspecified atom stereocenters. The number of benzene rings is 2. The van der Waals surface area contributed by atoms with Gasteiger partial charge in [-0.1, -0.05) is 30.3 Å². The van der Waals surface area contributed by atoms with Crippen LogP contribution in [0.4, 0.5) is 18.0 Å². The molecule has 1 atom stereocenters. The highest BCUT2D eigenvalue weighted by Gasteiger charge is 2.32. The van der Waals surface area contributed by atoms with Gasteiger partial charge < -0.3 is 14.4 Å². The van der Waals surface area contributed by atoms with Crippen LogP contribution in [-0.2, 0) is 0 Å². The van der Waals surface area contributed by atoms with Gasteiger partial charge in [-0.05, 0) is 60.7 Å². The topological polar surface area (TPSA) is 54.4 Å². The Morgan fingerprint density at radius 3 is 2.56 bits per heavy atom. The van der Waals surface area contributed by atoms with Gasteiger partial charge in [0.05, 0.1) is 6.04 Å². The van der Waals surface area contributed by atoms with Crippen molar-refractivity contribution in [2.24, 2.45) is 5.10 Å². The van der Waals surface area contributed by atoms with Gasteiger partial charge in [-0.25, -0.2) is 4.79 Å². The lowest BCUT2D eigenvalue weighted by molar-refractivity contribution is -0.274. The summed E-state index contributed by atoms with van der Waals surface area (Å²) in [6.45, 7) is 0.963. The molecule has 2 aromatic rings. The average Bonchev–Trinajstić information content (AvgIpc) is 3.09. The smallest absolute Gasteiger partial charge is 0.491 e. The Labute approximate surface area is 195 Å². The van der Waals surface area contributed by atoms with E-state index in [0.717, 1.165) is 30.6 Å². The third-order valence-corrected chi connectivity index (χ3v) is 5.57. The van der Waals surface area contributed by atoms with E-state index in [2.05, 4.69) is 15.7 Å². The lowest BCUT2D eigenvalue weighted by Gasteiger charge is -2.36. The monoisotopic (exact) mass is 471 g/mol. The molecule has 0 spiro atoms. The van der Waals surface area contributed by atoms with E-state index in [4.69, 9.17) is 4.74 Å². The molecular weight excluding hydrogens is 447 g/mol. The number of amides is 2. The fourth-order valence-electron chi connectivity index (χ4n) is 3.92. The summed E-state index contributed by atoms with van der Waals surface area (Å²) in [4.78, 5) is 15.1. The van der Waals surface area contributed by atoms with Gasteiger partial charge >= 0.3 is 12.4 Å². The van der Waals surface area contributed by atoms with Crippen LogP contribution in [0.2, 0.25) is 0 Å². The molecule has 178 valence electrons. The van der Waals surface area contributed by atoms with Gasteiger partial charge in [0.25, 0.3) is 0 Å². The zero-order chi connectivity index (χ0) is 24.0. The number of hydrogen-bond acceptors (Lipinski definition) is 4. The molecule has 1 fully saturated rings. The van der Waals surface area contributed by atoms with Crippen LogP contribution >= 0.6 is 0 Å². The van der Waals surface area contributed by atoms with Crippen LogP contribution in [0.15, 0.2) is 72.0 Å². The van der Waals surface area contributed by atoms with E-state index in [9.17, 15) is 18.0 Å². The molecule has 0 aromatic heterocycles. The molecule has 0 saturated carbocycles. The standard InChI is InChI=1S/C25H24F3N3O3/c26-25(27,28)34-23-13-11-19(12-14-23)20-7-6-15-29-31(17-20)24(32)30-16-5-4-8-21(30)18-33-22-9-2-1-3-10-22/h1-3,6,9-14,17,21H,4-5,7-8,16,18H2. The van der Waals surface area contributed by atoms with Crippen molar-refractivity contribution in [3.8, 4) is 11.5 Å². The number of carbonyl (C=O) groups is 1. The predicted octanol–water partition coefficient (Wildman–Crippen LogP) is 5.83. The fraction of sp³-hybridized carbons (Fsp3) is 0.320. The summed E-state index contributed by atoms with van der Waals surface area (Å²) in [6.07, 6.45) is 1.66. The van der Waals surface area contributed by atoms with Gasteiger partial charge in [0.15, 0.2) is 0 Å². The molecule has 4 rings (SSSR count). The first-order chi connectivity index (χ1) is 16.4.